The molecule has 0 radical (unpaired) electrons. The standard InChI is InChI=1S/C18H28N2O/c1-11-9-13(3)14(10-12(11)2)17-15(19)7-8-16(21)20(17)18(4,5)6/h9-10,15,17H,7-8,19H2,1-6H3. The van der Waals surface area contributed by atoms with Crippen LogP contribution in [-0.4, -0.2) is 22.4 Å². The number of nitrogens with two attached hydrogens (primary N) is 1. The molecular formula is C18H28N2O. The van der Waals surface area contributed by atoms with E-state index in [0.717, 1.165) is 6.42 Å². The van der Waals surface area contributed by atoms with Gasteiger partial charge in [-0.2, -0.15) is 0 Å². The summed E-state index contributed by atoms with van der Waals surface area (Å²) in [7, 11) is 0. The summed E-state index contributed by atoms with van der Waals surface area (Å²) in [5.74, 6) is 0.215. The third-order valence-electron chi connectivity index (χ3n) is 4.57. The van der Waals surface area contributed by atoms with Crippen molar-refractivity contribution in [3.8, 4) is 0 Å². The Hall–Kier alpha value is -1.35. The maximum Gasteiger partial charge on any atom is 0.223 e. The summed E-state index contributed by atoms with van der Waals surface area (Å²) in [5, 5.41) is 0. The Balaban J connectivity index is 2.56. The number of likely N-dealkylation sites (tertiary alicyclic amines) is 1. The van der Waals surface area contributed by atoms with Gasteiger partial charge in [-0.1, -0.05) is 12.1 Å². The second kappa shape index (κ2) is 5.45. The predicted molar refractivity (Wildman–Crippen MR) is 87.2 cm³/mol. The molecule has 0 saturated carbocycles. The van der Waals surface area contributed by atoms with Gasteiger partial charge >= 0.3 is 0 Å². The van der Waals surface area contributed by atoms with E-state index in [1.54, 1.807) is 0 Å². The van der Waals surface area contributed by atoms with Crippen molar-refractivity contribution < 1.29 is 4.79 Å². The molecule has 2 unspecified atom stereocenters. The molecule has 21 heavy (non-hydrogen) atoms. The molecule has 1 aliphatic heterocycles. The molecule has 3 nitrogen and oxygen atoms in total. The van der Waals surface area contributed by atoms with E-state index in [0.29, 0.717) is 6.42 Å². The van der Waals surface area contributed by atoms with Gasteiger partial charge < -0.3 is 10.6 Å². The quantitative estimate of drug-likeness (QED) is 0.861. The van der Waals surface area contributed by atoms with Crippen molar-refractivity contribution >= 4 is 5.91 Å². The second-order valence-electron chi connectivity index (χ2n) is 7.37. The normalized spacial score (nSPS) is 23.6. The topological polar surface area (TPSA) is 46.3 Å². The van der Waals surface area contributed by atoms with Crippen LogP contribution in [-0.2, 0) is 4.79 Å². The zero-order valence-corrected chi connectivity index (χ0v) is 14.2. The number of rotatable bonds is 1. The largest absolute Gasteiger partial charge is 0.329 e. The second-order valence-corrected chi connectivity index (χ2v) is 7.37. The lowest BCUT2D eigenvalue weighted by Crippen LogP contribution is -2.56. The highest BCUT2D eigenvalue weighted by atomic mass is 16.2. The van der Waals surface area contributed by atoms with Crippen LogP contribution in [0.2, 0.25) is 0 Å². The molecular weight excluding hydrogens is 260 g/mol. The lowest BCUT2D eigenvalue weighted by Gasteiger charge is -2.48. The molecule has 0 spiro atoms. The van der Waals surface area contributed by atoms with Gasteiger partial charge in [-0.15, -0.1) is 0 Å². The molecule has 1 aromatic carbocycles. The summed E-state index contributed by atoms with van der Waals surface area (Å²) < 4.78 is 0. The molecule has 1 heterocycles. The first-order valence-electron chi connectivity index (χ1n) is 7.78. The molecule has 2 rings (SSSR count). The Morgan fingerprint density at radius 1 is 1.10 bits per heavy atom. The monoisotopic (exact) mass is 288 g/mol. The van der Waals surface area contributed by atoms with Crippen molar-refractivity contribution in [2.24, 2.45) is 5.73 Å². The SMILES string of the molecule is Cc1cc(C)c(C2C(N)CCC(=O)N2C(C)(C)C)cc1C. The number of benzene rings is 1. The van der Waals surface area contributed by atoms with Crippen molar-refractivity contribution in [2.75, 3.05) is 0 Å². The Morgan fingerprint density at radius 3 is 2.24 bits per heavy atom. The number of amides is 1. The van der Waals surface area contributed by atoms with Crippen LogP contribution >= 0.6 is 0 Å². The summed E-state index contributed by atoms with van der Waals surface area (Å²) in [4.78, 5) is 14.5. The van der Waals surface area contributed by atoms with E-state index in [-0.39, 0.29) is 23.5 Å². The summed E-state index contributed by atoms with van der Waals surface area (Å²) in [6, 6.07) is 4.40. The zero-order valence-electron chi connectivity index (χ0n) is 14.2. The highest BCUT2D eigenvalue weighted by molar-refractivity contribution is 5.79. The zero-order chi connectivity index (χ0) is 15.9. The summed E-state index contributed by atoms with van der Waals surface area (Å²) in [6.45, 7) is 12.6. The minimum Gasteiger partial charge on any atom is -0.329 e. The molecule has 1 aromatic rings. The number of carbonyl (C=O) groups excluding carboxylic acids is 1. The molecule has 0 aliphatic carbocycles. The maximum atomic E-state index is 12.5. The van der Waals surface area contributed by atoms with E-state index in [4.69, 9.17) is 5.73 Å². The average Bonchev–Trinajstić information content (AvgIpc) is 2.35. The van der Waals surface area contributed by atoms with Crippen molar-refractivity contribution in [1.82, 2.24) is 4.90 Å². The molecule has 3 heteroatoms. The van der Waals surface area contributed by atoms with Gasteiger partial charge in [-0.05, 0) is 70.2 Å². The van der Waals surface area contributed by atoms with Gasteiger partial charge in [0.15, 0.2) is 0 Å². The number of hydrogen-bond acceptors (Lipinski definition) is 2. The van der Waals surface area contributed by atoms with Crippen LogP contribution in [0.5, 0.6) is 0 Å². The first-order valence-corrected chi connectivity index (χ1v) is 7.78. The van der Waals surface area contributed by atoms with Crippen LogP contribution in [0.15, 0.2) is 12.1 Å². The van der Waals surface area contributed by atoms with E-state index in [1.807, 2.05) is 4.90 Å². The predicted octanol–water partition coefficient (Wildman–Crippen LogP) is 3.40. The number of carbonyl (C=O) groups is 1. The number of nitrogens with zero attached hydrogens (tertiary/aromatic N) is 1. The van der Waals surface area contributed by atoms with E-state index in [9.17, 15) is 4.79 Å². The molecule has 0 aromatic heterocycles. The van der Waals surface area contributed by atoms with Crippen LogP contribution in [0, 0.1) is 20.8 Å². The van der Waals surface area contributed by atoms with Gasteiger partial charge in [0, 0.05) is 18.0 Å². The first kappa shape index (κ1) is 16.0. The highest BCUT2D eigenvalue weighted by Gasteiger charge is 2.41. The number of hydrogen-bond donors (Lipinski definition) is 1. The van der Waals surface area contributed by atoms with Crippen LogP contribution in [0.4, 0.5) is 0 Å². The fraction of sp³-hybridized carbons (Fsp3) is 0.611. The summed E-state index contributed by atoms with van der Waals surface area (Å²) in [5.41, 5.74) is 11.2. The van der Waals surface area contributed by atoms with Crippen molar-refractivity contribution in [2.45, 2.75) is 72.0 Å². The Morgan fingerprint density at radius 2 is 1.67 bits per heavy atom. The Labute approximate surface area is 128 Å². The molecule has 0 bridgehead atoms. The van der Waals surface area contributed by atoms with E-state index in [1.165, 1.54) is 22.3 Å². The van der Waals surface area contributed by atoms with E-state index >= 15 is 0 Å². The van der Waals surface area contributed by atoms with Crippen LogP contribution < -0.4 is 5.73 Å². The average molecular weight is 288 g/mol. The first-order chi connectivity index (χ1) is 9.62. The molecule has 116 valence electrons. The van der Waals surface area contributed by atoms with Gasteiger partial charge in [0.1, 0.15) is 0 Å². The maximum absolute atomic E-state index is 12.5. The minimum absolute atomic E-state index is 0.00253. The van der Waals surface area contributed by atoms with Gasteiger partial charge in [0.2, 0.25) is 5.91 Å². The van der Waals surface area contributed by atoms with Crippen LogP contribution in [0.3, 0.4) is 0 Å². The number of aryl methyl sites for hydroxylation is 3. The van der Waals surface area contributed by atoms with Crippen LogP contribution in [0.25, 0.3) is 0 Å². The van der Waals surface area contributed by atoms with Crippen LogP contribution in [0.1, 0.15) is 61.9 Å². The third-order valence-corrected chi connectivity index (χ3v) is 4.57. The number of piperidine rings is 1. The lowest BCUT2D eigenvalue weighted by atomic mass is 9.83. The lowest BCUT2D eigenvalue weighted by molar-refractivity contribution is -0.144. The molecule has 1 saturated heterocycles. The van der Waals surface area contributed by atoms with Crippen molar-refractivity contribution in [1.29, 1.82) is 0 Å². The fourth-order valence-corrected chi connectivity index (χ4v) is 3.38. The van der Waals surface area contributed by atoms with Gasteiger partial charge in [0.05, 0.1) is 6.04 Å². The summed E-state index contributed by atoms with van der Waals surface area (Å²) >= 11 is 0. The van der Waals surface area contributed by atoms with Gasteiger partial charge in [-0.25, -0.2) is 0 Å². The van der Waals surface area contributed by atoms with E-state index in [2.05, 4.69) is 53.7 Å². The highest BCUT2D eigenvalue weighted by Crippen LogP contribution is 2.38. The minimum atomic E-state index is -0.217. The van der Waals surface area contributed by atoms with Gasteiger partial charge in [-0.3, -0.25) is 4.79 Å². The summed E-state index contributed by atoms with van der Waals surface area (Å²) in [6.07, 6.45) is 1.32. The Bertz CT molecular complexity index is 557. The smallest absolute Gasteiger partial charge is 0.223 e. The molecule has 2 N–H and O–H groups in total. The Kier molecular flexibility index (Phi) is 4.16. The van der Waals surface area contributed by atoms with Crippen molar-refractivity contribution in [3.05, 3.63) is 34.4 Å². The molecule has 1 fully saturated rings. The van der Waals surface area contributed by atoms with Crippen molar-refractivity contribution in [3.63, 3.8) is 0 Å². The third kappa shape index (κ3) is 2.98. The fourth-order valence-electron chi connectivity index (χ4n) is 3.38. The molecule has 1 amide bonds. The molecule has 2 atom stereocenters. The van der Waals surface area contributed by atoms with Gasteiger partial charge in [0.25, 0.3) is 0 Å². The molecule has 1 aliphatic rings. The van der Waals surface area contributed by atoms with E-state index < -0.39 is 0 Å².